The molecule has 2 aromatic heterocycles. The lowest BCUT2D eigenvalue weighted by atomic mass is 10.3. The maximum atomic E-state index is 12.9. The van der Waals surface area contributed by atoms with Gasteiger partial charge >= 0.3 is 0 Å². The fraction of sp³-hybridized carbons (Fsp3) is 0.0909. The lowest BCUT2D eigenvalue weighted by Crippen LogP contribution is -2.18. The van der Waals surface area contributed by atoms with Crippen LogP contribution < -0.4 is 10.6 Å². The molecule has 2 amide bonds. The summed E-state index contributed by atoms with van der Waals surface area (Å²) in [6, 6.07) is 13.0. The fourth-order valence-electron chi connectivity index (χ4n) is 3.19. The van der Waals surface area contributed by atoms with E-state index in [9.17, 15) is 14.8 Å². The Bertz CT molecular complexity index is 1430. The van der Waals surface area contributed by atoms with E-state index in [-0.39, 0.29) is 27.6 Å². The summed E-state index contributed by atoms with van der Waals surface area (Å²) in [5, 5.41) is 31.4. The number of amides is 2. The molecule has 0 radical (unpaired) electrons. The molecule has 35 heavy (non-hydrogen) atoms. The zero-order chi connectivity index (χ0) is 25.1. The number of nitrogens with one attached hydrogen (secondary N) is 2. The summed E-state index contributed by atoms with van der Waals surface area (Å²) >= 11 is 11.8. The summed E-state index contributed by atoms with van der Waals surface area (Å²) in [7, 11) is 3.06. The minimum absolute atomic E-state index is 0.00174. The predicted octanol–water partition coefficient (Wildman–Crippen LogP) is 4.89. The van der Waals surface area contributed by atoms with Crippen molar-refractivity contribution in [1.29, 1.82) is 0 Å². The molecule has 0 aliphatic rings. The number of hydrogen-bond donors (Lipinski definition) is 2. The van der Waals surface area contributed by atoms with Crippen molar-refractivity contribution in [2.75, 3.05) is 10.6 Å². The van der Waals surface area contributed by atoms with E-state index in [1.165, 1.54) is 28.8 Å². The summed E-state index contributed by atoms with van der Waals surface area (Å²) in [4.78, 5) is 25.9. The van der Waals surface area contributed by atoms with Crippen LogP contribution in [-0.4, -0.2) is 36.2 Å². The highest BCUT2D eigenvalue weighted by Crippen LogP contribution is 2.25. The zero-order valence-electron chi connectivity index (χ0n) is 18.4. The molecule has 0 spiro atoms. The van der Waals surface area contributed by atoms with E-state index in [0.29, 0.717) is 21.4 Å². The molecule has 11 nitrogen and oxygen atoms in total. The van der Waals surface area contributed by atoms with Gasteiger partial charge in [0.05, 0.1) is 6.20 Å². The molecule has 4 rings (SSSR count). The molecule has 0 bridgehead atoms. The second kappa shape index (κ2) is 9.95. The Morgan fingerprint density at radius 2 is 1.29 bits per heavy atom. The van der Waals surface area contributed by atoms with Gasteiger partial charge in [-0.05, 0) is 53.4 Å². The van der Waals surface area contributed by atoms with Crippen LogP contribution in [0.2, 0.25) is 10.0 Å². The molecule has 0 aliphatic carbocycles. The van der Waals surface area contributed by atoms with E-state index in [2.05, 4.69) is 25.9 Å². The van der Waals surface area contributed by atoms with Crippen LogP contribution >= 0.6 is 23.2 Å². The lowest BCUT2D eigenvalue weighted by Gasteiger charge is -2.07. The number of nitrogens with zero attached hydrogens (tertiary/aromatic N) is 6. The van der Waals surface area contributed by atoms with Gasteiger partial charge in [0, 0.05) is 40.6 Å². The molecule has 0 unspecified atom stereocenters. The van der Waals surface area contributed by atoms with Crippen LogP contribution in [0.3, 0.4) is 0 Å². The largest absolute Gasteiger partial charge is 0.594 e. The summed E-state index contributed by atoms with van der Waals surface area (Å²) in [6.07, 6.45) is 2.47. The number of rotatable bonds is 6. The van der Waals surface area contributed by atoms with Crippen LogP contribution in [0.15, 0.2) is 66.0 Å². The standard InChI is InChI=1S/C22H18Cl2N8O3/c1-30-19(21(33)27-15-7-3-13(23)4-8-15)17(11-25-30)29-32(35)18-12-26-31(2)20(18)22(34)28-16-9-5-14(24)6-10-16/h3-12H,1-2H3,(H,27,33)(H,28,34). The summed E-state index contributed by atoms with van der Waals surface area (Å²) in [5.41, 5.74) is 0.869. The minimum atomic E-state index is -0.578. The highest BCUT2D eigenvalue weighted by atomic mass is 35.5. The van der Waals surface area contributed by atoms with Crippen LogP contribution in [0.25, 0.3) is 0 Å². The van der Waals surface area contributed by atoms with Gasteiger partial charge in [-0.2, -0.15) is 10.2 Å². The van der Waals surface area contributed by atoms with Crippen molar-refractivity contribution >= 4 is 57.8 Å². The van der Waals surface area contributed by atoms with E-state index in [1.807, 2.05) is 0 Å². The summed E-state index contributed by atoms with van der Waals surface area (Å²) < 4.78 is 2.54. The van der Waals surface area contributed by atoms with E-state index in [1.54, 1.807) is 55.6 Å². The zero-order valence-corrected chi connectivity index (χ0v) is 19.9. The van der Waals surface area contributed by atoms with Crippen LogP contribution in [0.4, 0.5) is 22.7 Å². The molecule has 0 fully saturated rings. The number of hydrogen-bond acceptors (Lipinski definition) is 6. The highest BCUT2D eigenvalue weighted by molar-refractivity contribution is 6.31. The van der Waals surface area contributed by atoms with Crippen molar-refractivity contribution in [1.82, 2.24) is 19.6 Å². The fourth-order valence-corrected chi connectivity index (χ4v) is 3.44. The molecular weight excluding hydrogens is 495 g/mol. The Balaban J connectivity index is 1.61. The Labute approximate surface area is 209 Å². The summed E-state index contributed by atoms with van der Waals surface area (Å²) in [6.45, 7) is 0. The van der Waals surface area contributed by atoms with Gasteiger partial charge < -0.3 is 15.8 Å². The van der Waals surface area contributed by atoms with Gasteiger partial charge in [-0.3, -0.25) is 19.0 Å². The van der Waals surface area contributed by atoms with Gasteiger partial charge in [-0.1, -0.05) is 23.2 Å². The Hall–Kier alpha value is -4.22. The average molecular weight is 513 g/mol. The smallest absolute Gasteiger partial charge is 0.295 e. The van der Waals surface area contributed by atoms with Crippen LogP contribution in [0.1, 0.15) is 21.0 Å². The van der Waals surface area contributed by atoms with Gasteiger partial charge in [0.25, 0.3) is 17.5 Å². The second-order valence-electron chi connectivity index (χ2n) is 7.30. The number of azo groups is 1. The molecule has 2 aromatic carbocycles. The molecule has 178 valence electrons. The van der Waals surface area contributed by atoms with Crippen molar-refractivity contribution in [3.05, 3.63) is 87.6 Å². The third-order valence-corrected chi connectivity index (χ3v) is 5.38. The predicted molar refractivity (Wildman–Crippen MR) is 131 cm³/mol. The molecule has 4 aromatic rings. The average Bonchev–Trinajstić information content (AvgIpc) is 3.39. The number of aryl methyl sites for hydroxylation is 2. The van der Waals surface area contributed by atoms with Gasteiger partial charge in [0.15, 0.2) is 11.4 Å². The molecular formula is C22H18Cl2N8O3. The van der Waals surface area contributed by atoms with Crippen LogP contribution in [-0.2, 0) is 14.1 Å². The third-order valence-electron chi connectivity index (χ3n) is 4.88. The first-order valence-electron chi connectivity index (χ1n) is 10.1. The number of aromatic nitrogens is 4. The van der Waals surface area contributed by atoms with E-state index in [4.69, 9.17) is 23.2 Å². The molecule has 0 atom stereocenters. The minimum Gasteiger partial charge on any atom is -0.594 e. The van der Waals surface area contributed by atoms with Crippen molar-refractivity contribution in [2.45, 2.75) is 0 Å². The Kier molecular flexibility index (Phi) is 6.80. The normalized spacial score (nSPS) is 11.4. The Morgan fingerprint density at radius 1 is 0.829 bits per heavy atom. The van der Waals surface area contributed by atoms with Crippen LogP contribution in [0.5, 0.6) is 0 Å². The Morgan fingerprint density at radius 3 is 1.83 bits per heavy atom. The van der Waals surface area contributed by atoms with E-state index < -0.39 is 11.8 Å². The molecule has 0 saturated carbocycles. The van der Waals surface area contributed by atoms with Crippen molar-refractivity contribution < 1.29 is 14.4 Å². The second-order valence-corrected chi connectivity index (χ2v) is 8.17. The summed E-state index contributed by atoms with van der Waals surface area (Å²) in [5.74, 6) is -1.11. The number of halogens is 2. The van der Waals surface area contributed by atoms with Gasteiger partial charge in [-0.15, -0.1) is 0 Å². The van der Waals surface area contributed by atoms with E-state index in [0.717, 1.165) is 0 Å². The van der Waals surface area contributed by atoms with Gasteiger partial charge in [0.1, 0.15) is 6.20 Å². The maximum absolute atomic E-state index is 12.9. The SMILES string of the molecule is Cn1ncc(N=[N+]([O-])c2cnn(C)c2C(=O)Nc2ccc(Cl)cc2)c1C(=O)Nc1ccc(Cl)cc1. The third kappa shape index (κ3) is 5.31. The maximum Gasteiger partial charge on any atom is 0.295 e. The van der Waals surface area contributed by atoms with Crippen molar-refractivity contribution in [3.8, 4) is 0 Å². The number of carbonyl (C=O) groups excluding carboxylic acids is 2. The van der Waals surface area contributed by atoms with Crippen molar-refractivity contribution in [2.24, 2.45) is 19.2 Å². The quantitative estimate of drug-likeness (QED) is 0.215. The molecule has 0 aliphatic heterocycles. The molecule has 2 heterocycles. The molecule has 0 saturated heterocycles. The van der Waals surface area contributed by atoms with Crippen molar-refractivity contribution in [3.63, 3.8) is 0 Å². The first kappa shape index (κ1) is 23.9. The topological polar surface area (TPSA) is 132 Å². The highest BCUT2D eigenvalue weighted by Gasteiger charge is 2.26. The number of carbonyl (C=O) groups is 2. The number of benzene rings is 2. The lowest BCUT2D eigenvalue weighted by molar-refractivity contribution is -0.435. The first-order chi connectivity index (χ1) is 16.7. The number of anilines is 2. The van der Waals surface area contributed by atoms with Crippen LogP contribution in [0, 0.1) is 5.21 Å². The first-order valence-corrected chi connectivity index (χ1v) is 10.9. The van der Waals surface area contributed by atoms with Gasteiger partial charge in [-0.25, -0.2) is 0 Å². The monoisotopic (exact) mass is 512 g/mol. The molecule has 2 N–H and O–H groups in total. The van der Waals surface area contributed by atoms with Gasteiger partial charge in [0.2, 0.25) is 5.69 Å². The van der Waals surface area contributed by atoms with E-state index >= 15 is 0 Å². The molecule has 13 heteroatoms.